The summed E-state index contributed by atoms with van der Waals surface area (Å²) in [6.45, 7) is 14.1. The average Bonchev–Trinajstić information content (AvgIpc) is 3.72. The Balaban J connectivity index is 0.842. The van der Waals surface area contributed by atoms with E-state index >= 15 is 0 Å². The van der Waals surface area contributed by atoms with Crippen LogP contribution in [0.25, 0.3) is 0 Å². The fourth-order valence-electron chi connectivity index (χ4n) is 16.6. The lowest BCUT2D eigenvalue weighted by Crippen LogP contribution is -2.62. The number of allylic oxidation sites excluding steroid dienone is 4. The largest absolute Gasteiger partial charge is 0.491 e. The van der Waals surface area contributed by atoms with E-state index in [0.717, 1.165) is 88.4 Å². The molecule has 8 aliphatic rings. The normalized spacial score (nSPS) is 43.7. The van der Waals surface area contributed by atoms with Crippen molar-refractivity contribution in [1.82, 2.24) is 0 Å². The van der Waals surface area contributed by atoms with Gasteiger partial charge in [-0.05, 0) is 196 Å². The lowest BCUT2D eigenvalue weighted by molar-refractivity contribution is -0.209. The number of carboxylic acids is 1. The van der Waals surface area contributed by atoms with E-state index in [1.54, 1.807) is 0 Å². The van der Waals surface area contributed by atoms with Crippen molar-refractivity contribution in [2.24, 2.45) is 63.6 Å². The van der Waals surface area contributed by atoms with Crippen LogP contribution in [0.4, 0.5) is 0 Å². The lowest BCUT2D eigenvalue weighted by Gasteiger charge is -2.63. The van der Waals surface area contributed by atoms with Crippen molar-refractivity contribution in [1.29, 1.82) is 0 Å². The van der Waals surface area contributed by atoms with E-state index in [1.807, 2.05) is 13.0 Å². The molecule has 0 saturated heterocycles. The molecule has 6 saturated carbocycles. The van der Waals surface area contributed by atoms with E-state index in [0.29, 0.717) is 50.2 Å². The molecule has 8 aliphatic carbocycles. The SMILES string of the molecule is CC#C[C@@]1(O)CCC2C3CCC4=CC(=O)CCC4=C3[C@H](c3ccc(OCCO[C@H]4CC[C@@]5(C)C(C4)C[C@@H](O)[C@H]4[C@@H]6CC[C@H]([C@H](C)CCC(=O)O)[C@@]6(C)[C@H](O)C[C@@H]45)c(C)c3)C[C@@]21C. The average molecular weight is 851 g/mol. The van der Waals surface area contributed by atoms with Gasteiger partial charge >= 0.3 is 5.97 Å². The molecule has 62 heavy (non-hydrogen) atoms. The van der Waals surface area contributed by atoms with Crippen LogP contribution in [0.5, 0.6) is 5.75 Å². The molecule has 1 aromatic rings. The summed E-state index contributed by atoms with van der Waals surface area (Å²) in [6, 6.07) is 6.64. The standard InChI is InChI=1S/C54H74O8/c1-7-20-54(60)22-19-42-39-12-9-34-26-36(55)11-13-38(34)49(39)40(30-52(42,54)5)33-10-16-46(32(3)25-33)62-24-23-61-37-18-21-51(4)35(27-37)28-45(56)50-43-15-14-41(31(2)8-17-48(58)59)53(43,6)47(57)29-44(50)51/h10,16,25-26,31,35,37,39-45,47,50,56-57,60H,8-9,11-15,17-19,21-24,27-30H2,1-6H3,(H,58,59)/t31-,35?,37+,39?,40+,41-,42?,43+,44+,45-,47-,50+,51+,52+,53-,54-/m1/s1. The molecule has 0 spiro atoms. The van der Waals surface area contributed by atoms with Gasteiger partial charge in [0.05, 0.1) is 24.9 Å². The summed E-state index contributed by atoms with van der Waals surface area (Å²) < 4.78 is 13.0. The first-order chi connectivity index (χ1) is 29.5. The monoisotopic (exact) mass is 851 g/mol. The van der Waals surface area contributed by atoms with Gasteiger partial charge in [-0.25, -0.2) is 0 Å². The number of fused-ring (bicyclic) bond motifs is 9. The highest BCUT2D eigenvalue weighted by Crippen LogP contribution is 2.69. The van der Waals surface area contributed by atoms with Crippen molar-refractivity contribution >= 4 is 11.8 Å². The summed E-state index contributed by atoms with van der Waals surface area (Å²) in [7, 11) is 0. The Kier molecular flexibility index (Phi) is 11.8. The van der Waals surface area contributed by atoms with Gasteiger partial charge < -0.3 is 29.9 Å². The highest BCUT2D eigenvalue weighted by molar-refractivity contribution is 5.93. The van der Waals surface area contributed by atoms with Crippen molar-refractivity contribution in [3.63, 3.8) is 0 Å². The Morgan fingerprint density at radius 1 is 0.952 bits per heavy atom. The number of aryl methyl sites for hydroxylation is 1. The number of ether oxygens (including phenoxy) is 2. The van der Waals surface area contributed by atoms with Gasteiger partial charge in [-0.2, -0.15) is 0 Å². The number of aliphatic hydroxyl groups excluding tert-OH is 2. The van der Waals surface area contributed by atoms with Gasteiger partial charge in [-0.15, -0.1) is 5.92 Å². The predicted octanol–water partition coefficient (Wildman–Crippen LogP) is 9.51. The van der Waals surface area contributed by atoms with Gasteiger partial charge in [0.1, 0.15) is 18.0 Å². The molecule has 6 fully saturated rings. The molecular weight excluding hydrogens is 777 g/mol. The van der Waals surface area contributed by atoms with E-state index in [2.05, 4.69) is 64.7 Å². The van der Waals surface area contributed by atoms with Crippen molar-refractivity contribution in [2.75, 3.05) is 13.2 Å². The predicted molar refractivity (Wildman–Crippen MR) is 239 cm³/mol. The molecule has 0 radical (unpaired) electrons. The molecule has 338 valence electrons. The molecule has 8 nitrogen and oxygen atoms in total. The van der Waals surface area contributed by atoms with Crippen LogP contribution < -0.4 is 4.74 Å². The van der Waals surface area contributed by atoms with Gasteiger partial charge in [0, 0.05) is 24.2 Å². The van der Waals surface area contributed by atoms with E-state index in [4.69, 9.17) is 9.47 Å². The smallest absolute Gasteiger partial charge is 0.303 e. The zero-order valence-electron chi connectivity index (χ0n) is 38.4. The minimum atomic E-state index is -1.00. The number of carbonyl (C=O) groups excluding carboxylic acids is 1. The molecule has 9 rings (SSSR count). The first kappa shape index (κ1) is 44.3. The number of aliphatic carboxylic acids is 1. The topological polar surface area (TPSA) is 134 Å². The highest BCUT2D eigenvalue weighted by Gasteiger charge is 2.66. The Hall–Kier alpha value is -2.96. The lowest BCUT2D eigenvalue weighted by atomic mass is 9.43. The van der Waals surface area contributed by atoms with Crippen LogP contribution in [0.3, 0.4) is 0 Å². The van der Waals surface area contributed by atoms with Crippen LogP contribution in [0, 0.1) is 82.4 Å². The summed E-state index contributed by atoms with van der Waals surface area (Å²) in [5.74, 6) is 9.15. The first-order valence-corrected chi connectivity index (χ1v) is 24.6. The zero-order valence-corrected chi connectivity index (χ0v) is 38.4. The van der Waals surface area contributed by atoms with E-state index in [1.165, 1.54) is 22.3 Å². The van der Waals surface area contributed by atoms with Crippen molar-refractivity contribution in [2.45, 2.75) is 174 Å². The highest BCUT2D eigenvalue weighted by atomic mass is 16.5. The summed E-state index contributed by atoms with van der Waals surface area (Å²) in [5.41, 5.74) is 4.95. The Morgan fingerprint density at radius 3 is 2.52 bits per heavy atom. The second-order valence-corrected chi connectivity index (χ2v) is 22.4. The number of rotatable bonds is 10. The van der Waals surface area contributed by atoms with Crippen LogP contribution >= 0.6 is 0 Å². The second kappa shape index (κ2) is 16.5. The molecule has 0 aromatic heterocycles. The summed E-state index contributed by atoms with van der Waals surface area (Å²) >= 11 is 0. The van der Waals surface area contributed by atoms with E-state index < -0.39 is 23.8 Å². The molecular formula is C54H74O8. The maximum atomic E-state index is 12.5. The molecule has 16 atom stereocenters. The third kappa shape index (κ3) is 7.08. The van der Waals surface area contributed by atoms with Gasteiger partial charge in [-0.3, -0.25) is 9.59 Å². The minimum Gasteiger partial charge on any atom is -0.491 e. The van der Waals surface area contributed by atoms with Crippen LogP contribution in [0.2, 0.25) is 0 Å². The summed E-state index contributed by atoms with van der Waals surface area (Å²) in [5, 5.41) is 45.3. The molecule has 0 heterocycles. The third-order valence-electron chi connectivity index (χ3n) is 19.8. The second-order valence-electron chi connectivity index (χ2n) is 22.4. The Bertz CT molecular complexity index is 2060. The number of ketones is 1. The molecule has 0 amide bonds. The van der Waals surface area contributed by atoms with Gasteiger partial charge in [0.15, 0.2) is 5.78 Å². The van der Waals surface area contributed by atoms with Crippen LogP contribution in [-0.4, -0.2) is 69.3 Å². The number of aliphatic hydroxyl groups is 3. The van der Waals surface area contributed by atoms with Crippen molar-refractivity contribution in [3.05, 3.63) is 52.1 Å². The third-order valence-corrected chi connectivity index (χ3v) is 19.8. The molecule has 3 unspecified atom stereocenters. The Labute approximate surface area is 370 Å². The van der Waals surface area contributed by atoms with Crippen LogP contribution in [-0.2, 0) is 14.3 Å². The van der Waals surface area contributed by atoms with Gasteiger partial charge in [0.25, 0.3) is 0 Å². The fourth-order valence-corrected chi connectivity index (χ4v) is 16.6. The van der Waals surface area contributed by atoms with Gasteiger partial charge in [0.2, 0.25) is 0 Å². The quantitative estimate of drug-likeness (QED) is 0.135. The molecule has 0 bridgehead atoms. The molecule has 4 N–H and O–H groups in total. The Morgan fingerprint density at radius 2 is 1.76 bits per heavy atom. The number of benzene rings is 1. The van der Waals surface area contributed by atoms with Crippen LogP contribution in [0.15, 0.2) is 41.0 Å². The number of hydrogen-bond acceptors (Lipinski definition) is 7. The summed E-state index contributed by atoms with van der Waals surface area (Å²) in [6.07, 6.45) is 14.3. The van der Waals surface area contributed by atoms with E-state index in [-0.39, 0.29) is 70.1 Å². The minimum absolute atomic E-state index is 0.0473. The molecule has 1 aromatic carbocycles. The maximum Gasteiger partial charge on any atom is 0.303 e. The zero-order chi connectivity index (χ0) is 43.9. The van der Waals surface area contributed by atoms with Gasteiger partial charge in [-0.1, -0.05) is 51.3 Å². The van der Waals surface area contributed by atoms with E-state index in [9.17, 15) is 30.0 Å². The number of carboxylic acid groups (broad SMARTS) is 1. The number of carbonyl (C=O) groups is 2. The maximum absolute atomic E-state index is 12.5. The molecule has 8 heteroatoms. The van der Waals surface area contributed by atoms with Crippen LogP contribution in [0.1, 0.15) is 154 Å². The fraction of sp³-hybridized carbons (Fsp3) is 0.741. The summed E-state index contributed by atoms with van der Waals surface area (Å²) in [4.78, 5) is 23.9. The number of hydrogen-bond donors (Lipinski definition) is 4. The van der Waals surface area contributed by atoms with Crippen molar-refractivity contribution < 1.29 is 39.5 Å². The molecule has 0 aliphatic heterocycles. The first-order valence-electron chi connectivity index (χ1n) is 24.6. The van der Waals surface area contributed by atoms with Crippen molar-refractivity contribution in [3.8, 4) is 17.6 Å².